The number of fused-ring (bicyclic) bond motifs is 1. The smallest absolute Gasteiger partial charge is 0.294 e. The molecule has 1 amide bonds. The Morgan fingerprint density at radius 1 is 1.00 bits per heavy atom. The number of aromatic hydroxyl groups is 1. The van der Waals surface area contributed by atoms with Gasteiger partial charge in [0.25, 0.3) is 16.0 Å². The highest BCUT2D eigenvalue weighted by Gasteiger charge is 2.22. The molecule has 0 saturated carbocycles. The number of phenolic OH excluding ortho intramolecular Hbond substituents is 1. The molecule has 0 saturated heterocycles. The van der Waals surface area contributed by atoms with Gasteiger partial charge in [0.05, 0.1) is 33.3 Å². The summed E-state index contributed by atoms with van der Waals surface area (Å²) in [6.45, 7) is 1.67. The molecule has 0 aromatic heterocycles. The third-order valence-electron chi connectivity index (χ3n) is 5.73. The van der Waals surface area contributed by atoms with Crippen LogP contribution in [0.5, 0.6) is 11.5 Å². The first-order chi connectivity index (χ1) is 18.0. The molecule has 0 heterocycles. The van der Waals surface area contributed by atoms with Crippen molar-refractivity contribution in [2.24, 2.45) is 10.2 Å². The van der Waals surface area contributed by atoms with Gasteiger partial charge in [-0.2, -0.15) is 8.42 Å². The minimum Gasteiger partial charge on any atom is -0.505 e. The van der Waals surface area contributed by atoms with Crippen molar-refractivity contribution >= 4 is 67.1 Å². The zero-order valence-corrected chi connectivity index (χ0v) is 22.4. The van der Waals surface area contributed by atoms with Gasteiger partial charge in [-0.25, -0.2) is 0 Å². The fourth-order valence-corrected chi connectivity index (χ4v) is 5.06. The van der Waals surface area contributed by atoms with E-state index in [-0.39, 0.29) is 49.6 Å². The van der Waals surface area contributed by atoms with Crippen LogP contribution in [0.4, 0.5) is 17.1 Å². The van der Waals surface area contributed by atoms with Gasteiger partial charge < -0.3 is 15.2 Å². The molecule has 3 N–H and O–H groups in total. The van der Waals surface area contributed by atoms with Crippen molar-refractivity contribution in [1.29, 1.82) is 0 Å². The van der Waals surface area contributed by atoms with E-state index >= 15 is 0 Å². The van der Waals surface area contributed by atoms with Crippen molar-refractivity contribution in [2.75, 3.05) is 12.4 Å². The summed E-state index contributed by atoms with van der Waals surface area (Å²) in [6, 6.07) is 15.6. The van der Waals surface area contributed by atoms with Crippen molar-refractivity contribution in [1.82, 2.24) is 0 Å². The topological polar surface area (TPSA) is 138 Å². The van der Waals surface area contributed by atoms with Crippen LogP contribution in [0.1, 0.15) is 22.8 Å². The number of hydrogen-bond acceptors (Lipinski definition) is 7. The van der Waals surface area contributed by atoms with E-state index in [2.05, 4.69) is 15.5 Å². The molecule has 0 unspecified atom stereocenters. The molecule has 196 valence electrons. The van der Waals surface area contributed by atoms with Gasteiger partial charge in [0, 0.05) is 17.0 Å². The normalized spacial score (nSPS) is 11.7. The second-order valence-corrected chi connectivity index (χ2v) is 10.2. The molecule has 0 aliphatic rings. The van der Waals surface area contributed by atoms with Gasteiger partial charge in [-0.05, 0) is 42.1 Å². The van der Waals surface area contributed by atoms with Crippen molar-refractivity contribution in [2.45, 2.75) is 18.2 Å². The van der Waals surface area contributed by atoms with E-state index in [9.17, 15) is 22.9 Å². The lowest BCUT2D eigenvalue weighted by Crippen LogP contribution is -2.12. The predicted molar refractivity (Wildman–Crippen MR) is 146 cm³/mol. The van der Waals surface area contributed by atoms with Crippen LogP contribution < -0.4 is 10.1 Å². The van der Waals surface area contributed by atoms with Crippen LogP contribution in [0.15, 0.2) is 75.8 Å². The molecule has 4 aromatic rings. The minimum absolute atomic E-state index is 0.00536. The molecule has 0 fully saturated rings. The van der Waals surface area contributed by atoms with Crippen LogP contribution in [-0.4, -0.2) is 31.1 Å². The van der Waals surface area contributed by atoms with Gasteiger partial charge in [0.15, 0.2) is 5.75 Å². The molecule has 0 atom stereocenters. The molecule has 12 heteroatoms. The highest BCUT2D eigenvalue weighted by Crippen LogP contribution is 2.42. The van der Waals surface area contributed by atoms with E-state index in [0.29, 0.717) is 16.5 Å². The van der Waals surface area contributed by atoms with Gasteiger partial charge in [0.1, 0.15) is 17.1 Å². The minimum atomic E-state index is -4.55. The number of rotatable bonds is 7. The first-order valence-corrected chi connectivity index (χ1v) is 13.3. The Labute approximate surface area is 228 Å². The lowest BCUT2D eigenvalue weighted by atomic mass is 10.0. The largest absolute Gasteiger partial charge is 0.505 e. The molecule has 38 heavy (non-hydrogen) atoms. The van der Waals surface area contributed by atoms with Crippen molar-refractivity contribution in [3.8, 4) is 11.5 Å². The summed E-state index contributed by atoms with van der Waals surface area (Å²) in [5.74, 6) is -0.665. The molecule has 0 aliphatic carbocycles. The molecule has 9 nitrogen and oxygen atoms in total. The van der Waals surface area contributed by atoms with Crippen LogP contribution in [-0.2, 0) is 16.5 Å². The number of carbonyl (C=O) groups is 1. The number of benzene rings is 4. The summed E-state index contributed by atoms with van der Waals surface area (Å²) in [4.78, 5) is 12.9. The summed E-state index contributed by atoms with van der Waals surface area (Å²) in [7, 11) is -3.07. The van der Waals surface area contributed by atoms with Gasteiger partial charge >= 0.3 is 0 Å². The number of nitrogens with one attached hydrogen (secondary N) is 1. The molecular weight excluding hydrogens is 553 g/mol. The average molecular weight is 574 g/mol. The Morgan fingerprint density at radius 2 is 1.68 bits per heavy atom. The molecule has 0 spiro atoms. The Hall–Kier alpha value is -3.70. The summed E-state index contributed by atoms with van der Waals surface area (Å²) in [5, 5.41) is 23.5. The van der Waals surface area contributed by atoms with Gasteiger partial charge in [-0.15, -0.1) is 10.2 Å². The summed E-state index contributed by atoms with van der Waals surface area (Å²) < 4.78 is 38.5. The Kier molecular flexibility index (Phi) is 7.89. The first-order valence-electron chi connectivity index (χ1n) is 11.1. The van der Waals surface area contributed by atoms with Gasteiger partial charge in [-0.3, -0.25) is 9.35 Å². The lowest BCUT2D eigenvalue weighted by Gasteiger charge is -2.13. The average Bonchev–Trinajstić information content (AvgIpc) is 2.88. The standard InChI is InChI=1S/C26H21Cl2N3O6S/c1-3-16-22(38(34,35)36)11-10-20(28)23(16)30-31-24-17-7-5-4-6-14(17)12-18(25(24)32)26(33)29-21-13-15(37-2)8-9-19(21)27/h4-13,32H,3H2,1-2H3,(H,29,33)(H,34,35,36). The van der Waals surface area contributed by atoms with E-state index < -0.39 is 21.8 Å². The maximum atomic E-state index is 13.2. The molecule has 4 rings (SSSR count). The zero-order valence-electron chi connectivity index (χ0n) is 20.1. The number of ether oxygens (including phenoxy) is 1. The maximum absolute atomic E-state index is 13.2. The van der Waals surface area contributed by atoms with Gasteiger partial charge in [0.2, 0.25) is 0 Å². The van der Waals surface area contributed by atoms with Crippen LogP contribution in [0.2, 0.25) is 10.0 Å². The fourth-order valence-electron chi connectivity index (χ4n) is 3.89. The zero-order chi connectivity index (χ0) is 27.6. The van der Waals surface area contributed by atoms with Crippen LogP contribution in [0, 0.1) is 0 Å². The molecular formula is C26H21Cl2N3O6S. The number of carbonyl (C=O) groups excluding carboxylic acids is 1. The predicted octanol–water partition coefficient (Wildman–Crippen LogP) is 7.34. The second-order valence-electron chi connectivity index (χ2n) is 8.04. The number of azo groups is 1. The lowest BCUT2D eigenvalue weighted by molar-refractivity contribution is 0.102. The highest BCUT2D eigenvalue weighted by atomic mass is 35.5. The van der Waals surface area contributed by atoms with E-state index in [4.69, 9.17) is 27.9 Å². The summed E-state index contributed by atoms with van der Waals surface area (Å²) >= 11 is 12.5. The Morgan fingerprint density at radius 3 is 2.37 bits per heavy atom. The summed E-state index contributed by atoms with van der Waals surface area (Å²) in [5.41, 5.74) is 0.276. The van der Waals surface area contributed by atoms with Crippen molar-refractivity contribution in [3.05, 3.63) is 81.8 Å². The quantitative estimate of drug-likeness (QED) is 0.156. The highest BCUT2D eigenvalue weighted by molar-refractivity contribution is 7.85. The fraction of sp³-hybridized carbons (Fsp3) is 0.115. The van der Waals surface area contributed by atoms with Gasteiger partial charge in [-0.1, -0.05) is 54.4 Å². The number of phenols is 1. The number of nitrogens with zero attached hydrogens (tertiary/aromatic N) is 2. The third-order valence-corrected chi connectivity index (χ3v) is 7.31. The van der Waals surface area contributed by atoms with E-state index in [1.54, 1.807) is 43.3 Å². The number of hydrogen-bond donors (Lipinski definition) is 3. The molecule has 0 bridgehead atoms. The van der Waals surface area contributed by atoms with E-state index in [1.807, 2.05) is 0 Å². The SMILES string of the molecule is CCc1c(S(=O)(=O)O)ccc(Cl)c1N=Nc1c(O)c(C(=O)Nc2cc(OC)ccc2Cl)cc2ccccc12. The van der Waals surface area contributed by atoms with Crippen LogP contribution in [0.3, 0.4) is 0 Å². The second kappa shape index (κ2) is 11.0. The van der Waals surface area contributed by atoms with Crippen molar-refractivity contribution < 1.29 is 27.6 Å². The number of halogens is 2. The third kappa shape index (κ3) is 5.44. The molecule has 0 aliphatic heterocycles. The Balaban J connectivity index is 1.85. The van der Waals surface area contributed by atoms with Crippen LogP contribution >= 0.6 is 23.2 Å². The Bertz CT molecular complexity index is 1710. The number of methoxy groups -OCH3 is 1. The maximum Gasteiger partial charge on any atom is 0.294 e. The first kappa shape index (κ1) is 27.3. The molecule has 0 radical (unpaired) electrons. The molecule has 4 aromatic carbocycles. The van der Waals surface area contributed by atoms with Crippen molar-refractivity contribution in [3.63, 3.8) is 0 Å². The van der Waals surface area contributed by atoms with E-state index in [1.165, 1.54) is 31.4 Å². The van der Waals surface area contributed by atoms with Crippen LogP contribution in [0.25, 0.3) is 10.8 Å². The summed E-state index contributed by atoms with van der Waals surface area (Å²) in [6.07, 6.45) is 0.167. The number of amides is 1. The number of anilines is 1. The van der Waals surface area contributed by atoms with E-state index in [0.717, 1.165) is 0 Å². The monoisotopic (exact) mass is 573 g/mol.